The number of aliphatic imine (C=N–C) groups is 1. The molecule has 0 bridgehead atoms. The molecule has 1 N–H and O–H groups in total. The zero-order chi connectivity index (χ0) is 24.0. The second kappa shape index (κ2) is 10.4. The maximum absolute atomic E-state index is 12.7. The Balaban J connectivity index is 1.58. The second-order valence-corrected chi connectivity index (χ2v) is 9.47. The molecular weight excluding hydrogens is 446 g/mol. The lowest BCUT2D eigenvalue weighted by atomic mass is 10.1. The Morgan fingerprint density at radius 2 is 1.88 bits per heavy atom. The number of para-hydroxylation sites is 1. The third-order valence-electron chi connectivity index (χ3n) is 5.07. The number of nitro groups is 1. The summed E-state index contributed by atoms with van der Waals surface area (Å²) in [5.74, 6) is 0.575. The number of amides is 1. The fourth-order valence-electron chi connectivity index (χ4n) is 3.23. The van der Waals surface area contributed by atoms with Gasteiger partial charge in [-0.3, -0.25) is 19.9 Å². The zero-order valence-corrected chi connectivity index (χ0v) is 19.2. The third-order valence-corrected chi connectivity index (χ3v) is 6.94. The van der Waals surface area contributed by atoms with Crippen molar-refractivity contribution < 1.29 is 18.1 Å². The second-order valence-electron chi connectivity index (χ2n) is 7.46. The summed E-state index contributed by atoms with van der Waals surface area (Å²) in [6, 6.07) is 12.9. The summed E-state index contributed by atoms with van der Waals surface area (Å²) >= 11 is 0. The van der Waals surface area contributed by atoms with E-state index >= 15 is 0 Å². The molecule has 1 aliphatic rings. The number of amidine groups is 1. The van der Waals surface area contributed by atoms with Crippen molar-refractivity contribution in [3.63, 3.8) is 0 Å². The highest BCUT2D eigenvalue weighted by molar-refractivity contribution is 7.89. The highest BCUT2D eigenvalue weighted by Gasteiger charge is 2.28. The van der Waals surface area contributed by atoms with E-state index in [2.05, 4.69) is 10.3 Å². The molecule has 3 rings (SSSR count). The number of rotatable bonds is 9. The molecule has 174 valence electrons. The molecule has 0 spiro atoms. The van der Waals surface area contributed by atoms with E-state index in [1.165, 1.54) is 42.3 Å². The number of hydrogen-bond donors (Lipinski definition) is 1. The van der Waals surface area contributed by atoms with Crippen LogP contribution in [0.3, 0.4) is 0 Å². The van der Waals surface area contributed by atoms with Gasteiger partial charge in [0.15, 0.2) is 4.90 Å². The number of benzene rings is 2. The standard InChI is InChI=1S/C22H25N5O5S/c1-25(16-17-9-11-18(12-10-17)22-23-13-14-24-22)21(28)8-5-15-26(2)33(31,32)20-7-4-3-6-19(20)27(29)30/h3-12H,13-16H2,1-2H3,(H,23,24)/b8-5+. The summed E-state index contributed by atoms with van der Waals surface area (Å²) in [6.07, 6.45) is 2.70. The summed E-state index contributed by atoms with van der Waals surface area (Å²) in [5, 5.41) is 14.4. The average molecular weight is 472 g/mol. The predicted octanol–water partition coefficient (Wildman–Crippen LogP) is 1.78. The molecule has 0 aliphatic carbocycles. The first-order valence-corrected chi connectivity index (χ1v) is 11.6. The van der Waals surface area contributed by atoms with Crippen molar-refractivity contribution in [2.75, 3.05) is 33.7 Å². The molecule has 1 amide bonds. The number of hydrogen-bond acceptors (Lipinski definition) is 7. The molecule has 0 radical (unpaired) electrons. The molecule has 0 aromatic heterocycles. The molecule has 10 nitrogen and oxygen atoms in total. The average Bonchev–Trinajstić information content (AvgIpc) is 3.34. The lowest BCUT2D eigenvalue weighted by molar-refractivity contribution is -0.387. The minimum absolute atomic E-state index is 0.113. The lowest BCUT2D eigenvalue weighted by Gasteiger charge is -2.17. The highest BCUT2D eigenvalue weighted by atomic mass is 32.2. The summed E-state index contributed by atoms with van der Waals surface area (Å²) in [4.78, 5) is 28.3. The zero-order valence-electron chi connectivity index (χ0n) is 18.3. The molecule has 0 saturated carbocycles. The van der Waals surface area contributed by atoms with Crippen molar-refractivity contribution in [1.82, 2.24) is 14.5 Å². The largest absolute Gasteiger partial charge is 0.368 e. The van der Waals surface area contributed by atoms with Gasteiger partial charge in [-0.05, 0) is 11.6 Å². The topological polar surface area (TPSA) is 125 Å². The van der Waals surface area contributed by atoms with Gasteiger partial charge in [0.05, 0.1) is 11.5 Å². The number of nitrogens with zero attached hydrogens (tertiary/aromatic N) is 4. The Bertz CT molecular complexity index is 1190. The molecule has 1 aliphatic heterocycles. The molecule has 11 heteroatoms. The molecule has 1 heterocycles. The molecule has 33 heavy (non-hydrogen) atoms. The van der Waals surface area contributed by atoms with E-state index in [0.717, 1.165) is 40.4 Å². The molecule has 2 aromatic carbocycles. The van der Waals surface area contributed by atoms with Gasteiger partial charge in [0.1, 0.15) is 5.84 Å². The van der Waals surface area contributed by atoms with Gasteiger partial charge >= 0.3 is 0 Å². The van der Waals surface area contributed by atoms with Gasteiger partial charge < -0.3 is 10.2 Å². The van der Waals surface area contributed by atoms with Gasteiger partial charge in [0.25, 0.3) is 5.69 Å². The molecule has 0 fully saturated rings. The Labute approximate surface area is 192 Å². The number of nitro benzene ring substituents is 1. The first kappa shape index (κ1) is 24.1. The van der Waals surface area contributed by atoms with Crippen molar-refractivity contribution in [2.45, 2.75) is 11.4 Å². The van der Waals surface area contributed by atoms with Crippen molar-refractivity contribution >= 4 is 27.5 Å². The van der Waals surface area contributed by atoms with Crippen LogP contribution in [0.15, 0.2) is 70.6 Å². The Hall–Kier alpha value is -3.57. The van der Waals surface area contributed by atoms with Gasteiger partial charge in [0, 0.05) is 51.4 Å². The van der Waals surface area contributed by atoms with E-state index in [9.17, 15) is 23.3 Å². The van der Waals surface area contributed by atoms with Crippen LogP contribution in [0, 0.1) is 10.1 Å². The lowest BCUT2D eigenvalue weighted by Crippen LogP contribution is -2.28. The van der Waals surface area contributed by atoms with E-state index < -0.39 is 25.5 Å². The Kier molecular flexibility index (Phi) is 7.56. The summed E-state index contributed by atoms with van der Waals surface area (Å²) in [5.41, 5.74) is 1.44. The maximum Gasteiger partial charge on any atom is 0.289 e. The predicted molar refractivity (Wildman–Crippen MR) is 124 cm³/mol. The van der Waals surface area contributed by atoms with E-state index in [0.29, 0.717) is 6.54 Å². The van der Waals surface area contributed by atoms with Crippen molar-refractivity contribution in [2.24, 2.45) is 4.99 Å². The number of likely N-dealkylation sites (N-methyl/N-ethyl adjacent to an activating group) is 2. The normalized spacial score (nSPS) is 13.7. The number of nitrogens with one attached hydrogen (secondary N) is 1. The van der Waals surface area contributed by atoms with Gasteiger partial charge in [-0.2, -0.15) is 4.31 Å². The Morgan fingerprint density at radius 3 is 2.52 bits per heavy atom. The molecule has 0 saturated heterocycles. The maximum atomic E-state index is 12.7. The molecule has 2 aromatic rings. The van der Waals surface area contributed by atoms with E-state index in [1.54, 1.807) is 7.05 Å². The van der Waals surface area contributed by atoms with E-state index in [-0.39, 0.29) is 12.5 Å². The number of carbonyl (C=O) groups excluding carboxylic acids is 1. The number of carbonyl (C=O) groups is 1. The van der Waals surface area contributed by atoms with Crippen LogP contribution in [0.1, 0.15) is 11.1 Å². The van der Waals surface area contributed by atoms with Crippen molar-refractivity contribution in [1.29, 1.82) is 0 Å². The summed E-state index contributed by atoms with van der Waals surface area (Å²) in [7, 11) is -1.14. The number of sulfonamides is 1. The smallest absolute Gasteiger partial charge is 0.289 e. The minimum Gasteiger partial charge on any atom is -0.368 e. The SMILES string of the molecule is CN(Cc1ccc(C2=NCCN2)cc1)C(=O)/C=C/CN(C)S(=O)(=O)c1ccccc1[N+](=O)[O-]. The first-order valence-electron chi connectivity index (χ1n) is 10.2. The van der Waals surface area contributed by atoms with Crippen LogP contribution in [0.2, 0.25) is 0 Å². The fourth-order valence-corrected chi connectivity index (χ4v) is 4.51. The van der Waals surface area contributed by atoms with Crippen molar-refractivity contribution in [3.05, 3.63) is 81.9 Å². The summed E-state index contributed by atoms with van der Waals surface area (Å²) < 4.78 is 26.4. The van der Waals surface area contributed by atoms with Crippen LogP contribution >= 0.6 is 0 Å². The third kappa shape index (κ3) is 5.82. The minimum atomic E-state index is -4.09. The highest BCUT2D eigenvalue weighted by Crippen LogP contribution is 2.25. The van der Waals surface area contributed by atoms with Gasteiger partial charge in [0.2, 0.25) is 15.9 Å². The van der Waals surface area contributed by atoms with Crippen LogP contribution in [0.5, 0.6) is 0 Å². The first-order chi connectivity index (χ1) is 15.7. The van der Waals surface area contributed by atoms with Crippen LogP contribution in [0.4, 0.5) is 5.69 Å². The van der Waals surface area contributed by atoms with Crippen LogP contribution in [-0.2, 0) is 21.4 Å². The van der Waals surface area contributed by atoms with E-state index in [1.807, 2.05) is 24.3 Å². The van der Waals surface area contributed by atoms with E-state index in [4.69, 9.17) is 0 Å². The van der Waals surface area contributed by atoms with Gasteiger partial charge in [-0.25, -0.2) is 8.42 Å². The fraction of sp³-hybridized carbons (Fsp3) is 0.273. The Morgan fingerprint density at radius 1 is 1.18 bits per heavy atom. The van der Waals surface area contributed by atoms with Crippen LogP contribution in [0.25, 0.3) is 0 Å². The van der Waals surface area contributed by atoms with Gasteiger partial charge in [-0.1, -0.05) is 42.5 Å². The molecule has 0 atom stereocenters. The van der Waals surface area contributed by atoms with Crippen molar-refractivity contribution in [3.8, 4) is 0 Å². The quantitative estimate of drug-likeness (QED) is 0.338. The van der Waals surface area contributed by atoms with Crippen LogP contribution in [-0.4, -0.2) is 68.0 Å². The monoisotopic (exact) mass is 471 g/mol. The summed E-state index contributed by atoms with van der Waals surface area (Å²) in [6.45, 7) is 1.87. The van der Waals surface area contributed by atoms with Crippen LogP contribution < -0.4 is 5.32 Å². The molecule has 0 unspecified atom stereocenters. The molecular formula is C22H25N5O5S. The van der Waals surface area contributed by atoms with Gasteiger partial charge in [-0.15, -0.1) is 0 Å².